The third kappa shape index (κ3) is 2.52. The van der Waals surface area contributed by atoms with Gasteiger partial charge in [-0.2, -0.15) is 0 Å². The second-order valence-electron chi connectivity index (χ2n) is 5.91. The number of nitrogens with one attached hydrogen (secondary N) is 1. The number of fused-ring (bicyclic) bond motifs is 3. The van der Waals surface area contributed by atoms with E-state index >= 15 is 0 Å². The van der Waals surface area contributed by atoms with Gasteiger partial charge in [0.15, 0.2) is 0 Å². The number of pyridine rings is 1. The lowest BCUT2D eigenvalue weighted by Crippen LogP contribution is -2.25. The van der Waals surface area contributed by atoms with Gasteiger partial charge < -0.3 is 19.0 Å². The highest BCUT2D eigenvalue weighted by Crippen LogP contribution is 2.36. The van der Waals surface area contributed by atoms with Gasteiger partial charge in [-0.25, -0.2) is 0 Å². The van der Waals surface area contributed by atoms with E-state index in [4.69, 9.17) is 9.15 Å². The number of aromatic nitrogens is 1. The highest BCUT2D eigenvalue weighted by Gasteiger charge is 2.16. The minimum absolute atomic E-state index is 0.252. The maximum Gasteiger partial charge on any atom is 0.272 e. The molecule has 0 saturated heterocycles. The quantitative estimate of drug-likeness (QED) is 0.614. The molecule has 1 amide bonds. The van der Waals surface area contributed by atoms with Gasteiger partial charge in [-0.15, -0.1) is 0 Å². The van der Waals surface area contributed by atoms with Crippen molar-refractivity contribution in [3.63, 3.8) is 0 Å². The number of ether oxygens (including phenoxy) is 1. The summed E-state index contributed by atoms with van der Waals surface area (Å²) in [5.41, 5.74) is 1.88. The molecule has 2 aromatic heterocycles. The van der Waals surface area contributed by atoms with Crippen LogP contribution in [0, 0.1) is 0 Å². The average Bonchev–Trinajstić information content (AvgIpc) is 3.00. The van der Waals surface area contributed by atoms with Gasteiger partial charge in [0.2, 0.25) is 0 Å². The molecule has 0 atom stereocenters. The largest absolute Gasteiger partial charge is 0.495 e. The first-order chi connectivity index (χ1) is 12.6. The van der Waals surface area contributed by atoms with E-state index in [9.17, 15) is 9.59 Å². The molecule has 4 rings (SSSR count). The molecular formula is C20H16N2O4. The second-order valence-corrected chi connectivity index (χ2v) is 5.91. The molecule has 0 bridgehead atoms. The van der Waals surface area contributed by atoms with E-state index in [-0.39, 0.29) is 11.3 Å². The van der Waals surface area contributed by atoms with E-state index in [1.165, 1.54) is 17.7 Å². The number of carbonyl (C=O) groups is 1. The molecule has 2 heterocycles. The number of anilines is 1. The summed E-state index contributed by atoms with van der Waals surface area (Å²) >= 11 is 0. The van der Waals surface area contributed by atoms with Crippen LogP contribution >= 0.6 is 0 Å². The Morgan fingerprint density at radius 2 is 1.85 bits per heavy atom. The molecule has 0 unspecified atom stereocenters. The smallest absolute Gasteiger partial charge is 0.272 e. The molecule has 0 aliphatic carbocycles. The van der Waals surface area contributed by atoms with Gasteiger partial charge >= 0.3 is 0 Å². The monoisotopic (exact) mass is 348 g/mol. The van der Waals surface area contributed by atoms with E-state index in [0.29, 0.717) is 17.0 Å². The molecule has 0 fully saturated rings. The van der Waals surface area contributed by atoms with Crippen LogP contribution in [0.2, 0.25) is 0 Å². The van der Waals surface area contributed by atoms with Crippen LogP contribution in [0.4, 0.5) is 5.69 Å². The summed E-state index contributed by atoms with van der Waals surface area (Å²) in [6, 6.07) is 15.8. The predicted octanol–water partition coefficient (Wildman–Crippen LogP) is 3.55. The van der Waals surface area contributed by atoms with Gasteiger partial charge in [-0.05, 0) is 18.2 Å². The molecule has 1 N–H and O–H groups in total. The number of amides is 1. The fourth-order valence-electron chi connectivity index (χ4n) is 3.00. The number of methoxy groups -OCH3 is 1. The minimum atomic E-state index is -0.404. The van der Waals surface area contributed by atoms with E-state index < -0.39 is 5.91 Å². The highest BCUT2D eigenvalue weighted by molar-refractivity contribution is 6.09. The maximum atomic E-state index is 12.6. The van der Waals surface area contributed by atoms with Gasteiger partial charge in [0.25, 0.3) is 11.5 Å². The van der Waals surface area contributed by atoms with Crippen molar-refractivity contribution in [2.75, 3.05) is 12.4 Å². The van der Waals surface area contributed by atoms with Crippen LogP contribution in [0.15, 0.2) is 63.8 Å². The van der Waals surface area contributed by atoms with Gasteiger partial charge in [-0.1, -0.05) is 24.3 Å². The summed E-state index contributed by atoms with van der Waals surface area (Å²) in [6.45, 7) is 0. The summed E-state index contributed by atoms with van der Waals surface area (Å²) in [5, 5.41) is 4.68. The molecule has 4 aromatic rings. The van der Waals surface area contributed by atoms with Crippen LogP contribution < -0.4 is 15.6 Å². The van der Waals surface area contributed by atoms with Crippen LogP contribution in [-0.4, -0.2) is 17.6 Å². The summed E-state index contributed by atoms with van der Waals surface area (Å²) in [5.74, 6) is 0.109. The average molecular weight is 348 g/mol. The summed E-state index contributed by atoms with van der Waals surface area (Å²) in [4.78, 5) is 24.3. The summed E-state index contributed by atoms with van der Waals surface area (Å²) in [7, 11) is 3.09. The third-order valence-electron chi connectivity index (χ3n) is 4.36. The van der Waals surface area contributed by atoms with Crippen LogP contribution in [0.1, 0.15) is 10.5 Å². The van der Waals surface area contributed by atoms with Crippen molar-refractivity contribution in [1.82, 2.24) is 4.57 Å². The Balaban J connectivity index is 1.80. The van der Waals surface area contributed by atoms with Crippen LogP contribution in [0.25, 0.3) is 21.9 Å². The Bertz CT molecular complexity index is 1200. The van der Waals surface area contributed by atoms with Crippen LogP contribution in [0.3, 0.4) is 0 Å². The van der Waals surface area contributed by atoms with Crippen molar-refractivity contribution in [3.8, 4) is 5.75 Å². The van der Waals surface area contributed by atoms with Gasteiger partial charge in [0, 0.05) is 30.0 Å². The number of carbonyl (C=O) groups excluding carboxylic acids is 1. The van der Waals surface area contributed by atoms with E-state index in [1.54, 1.807) is 25.2 Å². The molecule has 6 heteroatoms. The van der Waals surface area contributed by atoms with Crippen molar-refractivity contribution in [2.24, 2.45) is 7.05 Å². The fourth-order valence-corrected chi connectivity index (χ4v) is 3.00. The third-order valence-corrected chi connectivity index (χ3v) is 4.36. The zero-order valence-corrected chi connectivity index (χ0v) is 14.3. The van der Waals surface area contributed by atoms with Crippen molar-refractivity contribution in [3.05, 3.63) is 70.6 Å². The van der Waals surface area contributed by atoms with Crippen molar-refractivity contribution in [2.45, 2.75) is 0 Å². The molecule has 130 valence electrons. The normalized spacial score (nSPS) is 11.0. The Morgan fingerprint density at radius 3 is 2.65 bits per heavy atom. The lowest BCUT2D eigenvalue weighted by molar-refractivity contribution is 0.101. The van der Waals surface area contributed by atoms with Crippen LogP contribution in [0.5, 0.6) is 5.75 Å². The molecule has 0 radical (unpaired) electrons. The SMILES string of the molecule is COc1cc2c(cc1NC(=O)c1cccc(=O)n1C)oc1ccccc12. The Labute approximate surface area is 148 Å². The van der Waals surface area contributed by atoms with Gasteiger partial charge in [0.05, 0.1) is 12.8 Å². The predicted molar refractivity (Wildman–Crippen MR) is 99.9 cm³/mol. The number of hydrogen-bond donors (Lipinski definition) is 1. The molecule has 6 nitrogen and oxygen atoms in total. The molecule has 0 saturated carbocycles. The maximum absolute atomic E-state index is 12.6. The van der Waals surface area contributed by atoms with E-state index in [0.717, 1.165) is 16.4 Å². The number of hydrogen-bond acceptors (Lipinski definition) is 4. The van der Waals surface area contributed by atoms with E-state index in [2.05, 4.69) is 5.32 Å². The number of benzene rings is 2. The molecule has 26 heavy (non-hydrogen) atoms. The van der Waals surface area contributed by atoms with Crippen LogP contribution in [-0.2, 0) is 7.05 Å². The lowest BCUT2D eigenvalue weighted by Gasteiger charge is -2.12. The number of para-hydroxylation sites is 1. The second kappa shape index (κ2) is 6.07. The van der Waals surface area contributed by atoms with Gasteiger partial charge in [-0.3, -0.25) is 9.59 Å². The molecule has 0 aliphatic heterocycles. The highest BCUT2D eigenvalue weighted by atomic mass is 16.5. The molecule has 0 aliphatic rings. The fraction of sp³-hybridized carbons (Fsp3) is 0.100. The number of furan rings is 1. The Hall–Kier alpha value is -3.54. The van der Waals surface area contributed by atoms with E-state index in [1.807, 2.05) is 30.3 Å². The molecule has 2 aromatic carbocycles. The molecular weight excluding hydrogens is 332 g/mol. The number of rotatable bonds is 3. The molecule has 0 spiro atoms. The first-order valence-corrected chi connectivity index (χ1v) is 8.05. The first-order valence-electron chi connectivity index (χ1n) is 8.05. The standard InChI is InChI=1S/C20H16N2O4/c1-22-15(7-5-9-19(22)23)20(24)21-14-11-17-13(10-18(14)25-2)12-6-3-4-8-16(12)26-17/h3-11H,1-2H3,(H,21,24). The zero-order chi connectivity index (χ0) is 18.3. The Kier molecular flexibility index (Phi) is 3.73. The Morgan fingerprint density at radius 1 is 1.04 bits per heavy atom. The lowest BCUT2D eigenvalue weighted by atomic mass is 10.1. The van der Waals surface area contributed by atoms with Gasteiger partial charge in [0.1, 0.15) is 22.6 Å². The minimum Gasteiger partial charge on any atom is -0.495 e. The summed E-state index contributed by atoms with van der Waals surface area (Å²) in [6.07, 6.45) is 0. The topological polar surface area (TPSA) is 73.5 Å². The number of nitrogens with zero attached hydrogens (tertiary/aromatic N) is 1. The summed E-state index contributed by atoms with van der Waals surface area (Å²) < 4.78 is 12.6. The van der Waals surface area contributed by atoms with Crippen molar-refractivity contribution in [1.29, 1.82) is 0 Å². The van der Waals surface area contributed by atoms with Crippen molar-refractivity contribution >= 4 is 33.5 Å². The first kappa shape index (κ1) is 16.0. The van der Waals surface area contributed by atoms with Crippen molar-refractivity contribution < 1.29 is 13.9 Å². The zero-order valence-electron chi connectivity index (χ0n) is 14.3.